The molecule has 0 spiro atoms. The van der Waals surface area contributed by atoms with Crippen molar-refractivity contribution in [3.8, 4) is 5.75 Å². The van der Waals surface area contributed by atoms with Gasteiger partial charge in [-0.1, -0.05) is 13.8 Å². The number of sulfonamides is 1. The second kappa shape index (κ2) is 8.49. The minimum absolute atomic E-state index is 0.0259. The Kier molecular flexibility index (Phi) is 6.32. The van der Waals surface area contributed by atoms with Crippen LogP contribution in [-0.2, 0) is 14.8 Å². The van der Waals surface area contributed by atoms with Crippen molar-refractivity contribution in [3.63, 3.8) is 0 Å². The van der Waals surface area contributed by atoms with Crippen molar-refractivity contribution in [3.05, 3.63) is 47.8 Å². The maximum atomic E-state index is 13.5. The monoisotopic (exact) mass is 448 g/mol. The fraction of sp³-hybridized carbons (Fsp3) is 0.435. The highest BCUT2D eigenvalue weighted by Gasteiger charge is 2.37. The van der Waals surface area contributed by atoms with E-state index in [1.165, 1.54) is 19.1 Å². The van der Waals surface area contributed by atoms with Crippen LogP contribution < -0.4 is 14.4 Å². The average Bonchev–Trinajstić information content (AvgIpc) is 2.77. The van der Waals surface area contributed by atoms with Crippen molar-refractivity contribution in [2.24, 2.45) is 11.3 Å². The Balaban J connectivity index is 1.94. The van der Waals surface area contributed by atoms with Crippen LogP contribution >= 0.6 is 0 Å². The Labute approximate surface area is 183 Å². The highest BCUT2D eigenvalue weighted by Crippen LogP contribution is 2.39. The summed E-state index contributed by atoms with van der Waals surface area (Å²) in [7, 11) is -3.91. The van der Waals surface area contributed by atoms with Gasteiger partial charge in [-0.05, 0) is 69.0 Å². The summed E-state index contributed by atoms with van der Waals surface area (Å²) in [5.74, 6) is 0.375. The first-order chi connectivity index (χ1) is 14.4. The van der Waals surface area contributed by atoms with Crippen molar-refractivity contribution >= 4 is 27.3 Å². The number of aryl methyl sites for hydroxylation is 1. The lowest BCUT2D eigenvalue weighted by Crippen LogP contribution is -2.42. The van der Waals surface area contributed by atoms with E-state index in [1.807, 2.05) is 13.8 Å². The summed E-state index contributed by atoms with van der Waals surface area (Å²) < 4.78 is 47.5. The van der Waals surface area contributed by atoms with Gasteiger partial charge in [0.15, 0.2) is 0 Å². The molecule has 6 nitrogen and oxygen atoms in total. The van der Waals surface area contributed by atoms with Gasteiger partial charge in [0, 0.05) is 12.6 Å². The number of hydrogen-bond acceptors (Lipinski definition) is 4. The molecule has 8 heteroatoms. The molecule has 1 heterocycles. The van der Waals surface area contributed by atoms with Gasteiger partial charge in [0.25, 0.3) is 10.0 Å². The van der Waals surface area contributed by atoms with E-state index in [2.05, 4.69) is 18.6 Å². The van der Waals surface area contributed by atoms with Crippen LogP contribution in [0.5, 0.6) is 5.75 Å². The second-order valence-corrected chi connectivity index (χ2v) is 10.7. The predicted octanol–water partition coefficient (Wildman–Crippen LogP) is 4.73. The van der Waals surface area contributed by atoms with Crippen LogP contribution in [0.4, 0.5) is 15.8 Å². The molecule has 168 valence electrons. The lowest BCUT2D eigenvalue weighted by Gasteiger charge is -2.28. The zero-order valence-corrected chi connectivity index (χ0v) is 19.3. The maximum absolute atomic E-state index is 13.5. The molecule has 1 aliphatic heterocycles. The molecule has 1 aliphatic rings. The van der Waals surface area contributed by atoms with E-state index < -0.39 is 21.3 Å². The maximum Gasteiger partial charge on any atom is 0.261 e. The summed E-state index contributed by atoms with van der Waals surface area (Å²) in [4.78, 5) is 14.8. The summed E-state index contributed by atoms with van der Waals surface area (Å²) in [5, 5.41) is 0. The first-order valence-corrected chi connectivity index (χ1v) is 11.8. The van der Waals surface area contributed by atoms with Crippen molar-refractivity contribution in [1.82, 2.24) is 0 Å². The number of amides is 1. The minimum atomic E-state index is -3.91. The number of carbonyl (C=O) groups excluding carboxylic acids is 1. The number of ether oxygens (including phenoxy) is 1. The van der Waals surface area contributed by atoms with Crippen LogP contribution in [0.2, 0.25) is 0 Å². The van der Waals surface area contributed by atoms with Gasteiger partial charge in [-0.2, -0.15) is 0 Å². The molecule has 0 bridgehead atoms. The predicted molar refractivity (Wildman–Crippen MR) is 119 cm³/mol. The van der Waals surface area contributed by atoms with E-state index in [0.29, 0.717) is 29.6 Å². The number of anilines is 2. The van der Waals surface area contributed by atoms with Gasteiger partial charge in [0.2, 0.25) is 5.91 Å². The van der Waals surface area contributed by atoms with Crippen LogP contribution in [-0.4, -0.2) is 27.5 Å². The molecule has 31 heavy (non-hydrogen) atoms. The summed E-state index contributed by atoms with van der Waals surface area (Å²) in [6, 6.07) is 8.52. The summed E-state index contributed by atoms with van der Waals surface area (Å²) in [6.45, 7) is 10.1. The minimum Gasteiger partial charge on any atom is -0.490 e. The average molecular weight is 449 g/mol. The smallest absolute Gasteiger partial charge is 0.261 e. The lowest BCUT2D eigenvalue weighted by molar-refractivity contribution is -0.127. The largest absolute Gasteiger partial charge is 0.490 e. The summed E-state index contributed by atoms with van der Waals surface area (Å²) in [6.07, 6.45) is 0.833. The number of carbonyl (C=O) groups is 1. The Bertz CT molecular complexity index is 1100. The second-order valence-electron chi connectivity index (χ2n) is 9.01. The first-order valence-electron chi connectivity index (χ1n) is 10.3. The fourth-order valence-electron chi connectivity index (χ4n) is 3.32. The third kappa shape index (κ3) is 5.01. The standard InChI is InChI=1S/C23H29FN2O4S/c1-15(2)10-11-26-20-9-6-17(13-21(20)30-14-23(4,5)22(26)27)25-31(28,29)18-7-8-19(24)16(3)12-18/h6-9,12-13,15,25H,10-11,14H2,1-5H3. The van der Waals surface area contributed by atoms with Crippen LogP contribution in [0.15, 0.2) is 41.3 Å². The molecule has 2 aromatic rings. The van der Waals surface area contributed by atoms with E-state index >= 15 is 0 Å². The van der Waals surface area contributed by atoms with Gasteiger partial charge in [0.1, 0.15) is 18.2 Å². The van der Waals surface area contributed by atoms with Gasteiger partial charge in [-0.25, -0.2) is 12.8 Å². The van der Waals surface area contributed by atoms with Crippen molar-refractivity contribution in [1.29, 1.82) is 0 Å². The molecule has 0 aliphatic carbocycles. The molecule has 1 N–H and O–H groups in total. The molecular formula is C23H29FN2O4S. The summed E-state index contributed by atoms with van der Waals surface area (Å²) in [5.41, 5.74) is 0.463. The molecule has 1 amide bonds. The number of nitrogens with zero attached hydrogens (tertiary/aromatic N) is 1. The molecule has 2 aromatic carbocycles. The van der Waals surface area contributed by atoms with Crippen molar-refractivity contribution in [2.75, 3.05) is 22.8 Å². The number of benzene rings is 2. The molecule has 0 saturated carbocycles. The molecule has 0 radical (unpaired) electrons. The van der Waals surface area contributed by atoms with E-state index in [0.717, 1.165) is 12.5 Å². The van der Waals surface area contributed by atoms with E-state index in [1.54, 1.807) is 23.1 Å². The molecule has 0 saturated heterocycles. The van der Waals surface area contributed by atoms with Gasteiger partial charge in [-0.15, -0.1) is 0 Å². The topological polar surface area (TPSA) is 75.7 Å². The SMILES string of the molecule is Cc1cc(S(=O)(=O)Nc2ccc3c(c2)OCC(C)(C)C(=O)N3CCC(C)C)ccc1F. The highest BCUT2D eigenvalue weighted by atomic mass is 32.2. The highest BCUT2D eigenvalue weighted by molar-refractivity contribution is 7.92. The zero-order valence-electron chi connectivity index (χ0n) is 18.5. The number of nitrogens with one attached hydrogen (secondary N) is 1. The van der Waals surface area contributed by atoms with Crippen LogP contribution in [0.25, 0.3) is 0 Å². The van der Waals surface area contributed by atoms with Gasteiger partial charge in [-0.3, -0.25) is 9.52 Å². The van der Waals surface area contributed by atoms with Gasteiger partial charge < -0.3 is 9.64 Å². The van der Waals surface area contributed by atoms with Gasteiger partial charge >= 0.3 is 0 Å². The Morgan fingerprint density at radius 1 is 1.19 bits per heavy atom. The third-order valence-corrected chi connectivity index (χ3v) is 6.66. The van der Waals surface area contributed by atoms with E-state index in [9.17, 15) is 17.6 Å². The lowest BCUT2D eigenvalue weighted by atomic mass is 9.92. The molecule has 0 fully saturated rings. The molecule has 0 unspecified atom stereocenters. The van der Waals surface area contributed by atoms with Crippen LogP contribution in [0.3, 0.4) is 0 Å². The Morgan fingerprint density at radius 2 is 1.90 bits per heavy atom. The molecule has 0 aromatic heterocycles. The van der Waals surface area contributed by atoms with E-state index in [-0.39, 0.29) is 23.0 Å². The van der Waals surface area contributed by atoms with Gasteiger partial charge in [0.05, 0.1) is 21.7 Å². The normalized spacial score (nSPS) is 16.0. The molecule has 3 rings (SSSR count). The zero-order chi connectivity index (χ0) is 23.0. The van der Waals surface area contributed by atoms with E-state index in [4.69, 9.17) is 4.74 Å². The Hall–Kier alpha value is -2.61. The fourth-order valence-corrected chi connectivity index (χ4v) is 4.45. The number of hydrogen-bond donors (Lipinski definition) is 1. The third-order valence-electron chi connectivity index (χ3n) is 5.29. The Morgan fingerprint density at radius 3 is 2.55 bits per heavy atom. The van der Waals surface area contributed by atoms with Crippen LogP contribution in [0.1, 0.15) is 39.7 Å². The van der Waals surface area contributed by atoms with Crippen LogP contribution in [0, 0.1) is 24.1 Å². The van der Waals surface area contributed by atoms with Crippen molar-refractivity contribution in [2.45, 2.75) is 45.9 Å². The molecule has 0 atom stereocenters. The quantitative estimate of drug-likeness (QED) is 0.693. The molecular weight excluding hydrogens is 419 g/mol. The van der Waals surface area contributed by atoms with Crippen molar-refractivity contribution < 1.29 is 22.3 Å². The number of halogens is 1. The number of rotatable bonds is 6. The first kappa shape index (κ1) is 23.1. The summed E-state index contributed by atoms with van der Waals surface area (Å²) >= 11 is 0. The number of fused-ring (bicyclic) bond motifs is 1.